The smallest absolute Gasteiger partial charge is 0.0810 e. The van der Waals surface area contributed by atoms with Crippen molar-refractivity contribution < 1.29 is 5.11 Å². The first-order valence-corrected chi connectivity index (χ1v) is 4.24. The molecule has 0 radical (unpaired) electrons. The predicted octanol–water partition coefficient (Wildman–Crippen LogP) is 1.70. The van der Waals surface area contributed by atoms with E-state index in [0.717, 1.165) is 19.3 Å². The summed E-state index contributed by atoms with van der Waals surface area (Å²) in [4.78, 5) is 0. The van der Waals surface area contributed by atoms with E-state index in [4.69, 9.17) is 5.26 Å². The molecule has 0 aliphatic heterocycles. The maximum absolute atomic E-state index is 9.82. The molecule has 62 valence electrons. The Kier molecular flexibility index (Phi) is 2.20. The minimum absolute atomic E-state index is 0.154. The van der Waals surface area contributed by atoms with Gasteiger partial charge in [0.25, 0.3) is 0 Å². The second kappa shape index (κ2) is 2.83. The van der Waals surface area contributed by atoms with E-state index >= 15 is 0 Å². The molecule has 11 heavy (non-hydrogen) atoms. The van der Waals surface area contributed by atoms with E-state index in [1.807, 2.05) is 6.92 Å². The fourth-order valence-electron chi connectivity index (χ4n) is 2.02. The first kappa shape index (κ1) is 8.55. The van der Waals surface area contributed by atoms with E-state index in [-0.39, 0.29) is 5.92 Å². The summed E-state index contributed by atoms with van der Waals surface area (Å²) in [6.07, 6.45) is 2.37. The van der Waals surface area contributed by atoms with Gasteiger partial charge in [0, 0.05) is 0 Å². The lowest BCUT2D eigenvalue weighted by molar-refractivity contribution is -0.0977. The highest BCUT2D eigenvalue weighted by atomic mass is 16.3. The van der Waals surface area contributed by atoms with E-state index < -0.39 is 5.60 Å². The summed E-state index contributed by atoms with van der Waals surface area (Å²) in [6, 6.07) is 2.16. The molecule has 0 aromatic heterocycles. The van der Waals surface area contributed by atoms with Gasteiger partial charge in [-0.3, -0.25) is 0 Å². The topological polar surface area (TPSA) is 44.0 Å². The van der Waals surface area contributed by atoms with Gasteiger partial charge < -0.3 is 5.11 Å². The number of aliphatic hydroxyl groups is 1. The number of nitrogens with zero attached hydrogens (tertiary/aromatic N) is 1. The van der Waals surface area contributed by atoms with Crippen molar-refractivity contribution in [3.8, 4) is 6.07 Å². The van der Waals surface area contributed by atoms with Gasteiger partial charge in [0.15, 0.2) is 0 Å². The fraction of sp³-hybridized carbons (Fsp3) is 0.889. The summed E-state index contributed by atoms with van der Waals surface area (Å²) >= 11 is 0. The zero-order valence-corrected chi connectivity index (χ0v) is 7.17. The maximum atomic E-state index is 9.82. The quantitative estimate of drug-likeness (QED) is 0.656. The van der Waals surface area contributed by atoms with Crippen molar-refractivity contribution in [1.29, 1.82) is 5.26 Å². The van der Waals surface area contributed by atoms with Crippen molar-refractivity contribution >= 4 is 0 Å². The van der Waals surface area contributed by atoms with Gasteiger partial charge in [-0.25, -0.2) is 0 Å². The van der Waals surface area contributed by atoms with E-state index in [9.17, 15) is 5.11 Å². The van der Waals surface area contributed by atoms with Crippen molar-refractivity contribution in [2.75, 3.05) is 0 Å². The number of hydrogen-bond acceptors (Lipinski definition) is 2. The molecule has 2 heteroatoms. The van der Waals surface area contributed by atoms with Crippen molar-refractivity contribution in [2.45, 2.75) is 38.7 Å². The van der Waals surface area contributed by atoms with Crippen LogP contribution < -0.4 is 0 Å². The van der Waals surface area contributed by atoms with Crippen LogP contribution >= 0.6 is 0 Å². The molecule has 0 aromatic rings. The van der Waals surface area contributed by atoms with Crippen molar-refractivity contribution in [1.82, 2.24) is 0 Å². The molecule has 1 aliphatic carbocycles. The monoisotopic (exact) mass is 153 g/mol. The average Bonchev–Trinajstić information content (AvgIpc) is 1.87. The summed E-state index contributed by atoms with van der Waals surface area (Å²) in [5.74, 6) is 0.445. The van der Waals surface area contributed by atoms with E-state index in [2.05, 4.69) is 13.0 Å². The normalized spacial score (nSPS) is 38.9. The Labute approximate surface area is 67.8 Å². The molecule has 0 amide bonds. The van der Waals surface area contributed by atoms with Crippen LogP contribution in [-0.2, 0) is 0 Å². The summed E-state index contributed by atoms with van der Waals surface area (Å²) in [6.45, 7) is 4.06. The second-order valence-electron chi connectivity index (χ2n) is 3.71. The number of nitriles is 1. The van der Waals surface area contributed by atoms with Gasteiger partial charge in [0.1, 0.15) is 0 Å². The maximum Gasteiger partial charge on any atom is 0.0810 e. The minimum atomic E-state index is -0.650. The van der Waals surface area contributed by atoms with Crippen molar-refractivity contribution in [3.05, 3.63) is 0 Å². The third-order valence-corrected chi connectivity index (χ3v) is 2.62. The summed E-state index contributed by atoms with van der Waals surface area (Å²) in [7, 11) is 0. The first-order chi connectivity index (χ1) is 5.12. The van der Waals surface area contributed by atoms with Gasteiger partial charge in [0.2, 0.25) is 0 Å². The van der Waals surface area contributed by atoms with E-state index in [1.54, 1.807) is 0 Å². The van der Waals surface area contributed by atoms with Crippen molar-refractivity contribution in [3.63, 3.8) is 0 Å². The fourth-order valence-corrected chi connectivity index (χ4v) is 2.02. The van der Waals surface area contributed by atoms with Crippen LogP contribution in [0.3, 0.4) is 0 Å². The van der Waals surface area contributed by atoms with Gasteiger partial charge in [-0.2, -0.15) is 5.26 Å². The number of hydrogen-bond donors (Lipinski definition) is 1. The highest BCUT2D eigenvalue weighted by Gasteiger charge is 2.45. The molecule has 1 fully saturated rings. The molecule has 1 N–H and O–H groups in total. The van der Waals surface area contributed by atoms with Crippen LogP contribution in [0.15, 0.2) is 0 Å². The molecule has 1 unspecified atom stereocenters. The van der Waals surface area contributed by atoms with Gasteiger partial charge >= 0.3 is 0 Å². The SMILES string of the molecule is CCC(C#N)C1(O)CC(C)C1. The van der Waals surface area contributed by atoms with Gasteiger partial charge in [0.05, 0.1) is 17.6 Å². The van der Waals surface area contributed by atoms with Gasteiger partial charge in [-0.1, -0.05) is 13.8 Å². The Hall–Kier alpha value is -0.550. The third-order valence-electron chi connectivity index (χ3n) is 2.62. The van der Waals surface area contributed by atoms with Crippen LogP contribution in [0.1, 0.15) is 33.1 Å². The molecular weight excluding hydrogens is 138 g/mol. The molecule has 1 atom stereocenters. The summed E-state index contributed by atoms with van der Waals surface area (Å²) in [5.41, 5.74) is -0.650. The Morgan fingerprint density at radius 3 is 2.55 bits per heavy atom. The van der Waals surface area contributed by atoms with Crippen LogP contribution in [0, 0.1) is 23.2 Å². The van der Waals surface area contributed by atoms with Crippen LogP contribution in [0.5, 0.6) is 0 Å². The standard InChI is InChI=1S/C9H15NO/c1-3-8(6-10)9(11)4-7(2)5-9/h7-8,11H,3-5H2,1-2H3. The van der Waals surface area contributed by atoms with Gasteiger partial charge in [-0.15, -0.1) is 0 Å². The summed E-state index contributed by atoms with van der Waals surface area (Å²) in [5, 5.41) is 18.5. The summed E-state index contributed by atoms with van der Waals surface area (Å²) < 4.78 is 0. The Morgan fingerprint density at radius 2 is 2.27 bits per heavy atom. The van der Waals surface area contributed by atoms with Crippen molar-refractivity contribution in [2.24, 2.45) is 11.8 Å². The lowest BCUT2D eigenvalue weighted by Crippen LogP contribution is -2.48. The third kappa shape index (κ3) is 1.39. The molecule has 0 spiro atoms. The highest BCUT2D eigenvalue weighted by Crippen LogP contribution is 2.43. The molecule has 2 nitrogen and oxygen atoms in total. The molecule has 0 saturated heterocycles. The second-order valence-corrected chi connectivity index (χ2v) is 3.71. The van der Waals surface area contributed by atoms with Crippen LogP contribution in [0.4, 0.5) is 0 Å². The minimum Gasteiger partial charge on any atom is -0.389 e. The van der Waals surface area contributed by atoms with E-state index in [1.165, 1.54) is 0 Å². The lowest BCUT2D eigenvalue weighted by Gasteiger charge is -2.44. The van der Waals surface area contributed by atoms with Gasteiger partial charge in [-0.05, 0) is 25.2 Å². The largest absolute Gasteiger partial charge is 0.389 e. The Balaban J connectivity index is 2.53. The molecule has 0 bridgehead atoms. The molecule has 1 rings (SSSR count). The van der Waals surface area contributed by atoms with Crippen LogP contribution in [-0.4, -0.2) is 10.7 Å². The zero-order chi connectivity index (χ0) is 8.48. The molecule has 0 aromatic carbocycles. The molecule has 1 aliphatic rings. The Bertz CT molecular complexity index is 176. The zero-order valence-electron chi connectivity index (χ0n) is 7.17. The van der Waals surface area contributed by atoms with Crippen LogP contribution in [0.25, 0.3) is 0 Å². The predicted molar refractivity (Wildman–Crippen MR) is 42.7 cm³/mol. The van der Waals surface area contributed by atoms with Crippen LogP contribution in [0.2, 0.25) is 0 Å². The number of rotatable bonds is 2. The lowest BCUT2D eigenvalue weighted by atomic mass is 9.65. The molecular formula is C9H15NO. The Morgan fingerprint density at radius 1 is 1.73 bits per heavy atom. The first-order valence-electron chi connectivity index (χ1n) is 4.24. The highest BCUT2D eigenvalue weighted by molar-refractivity contribution is 5.04. The average molecular weight is 153 g/mol. The molecule has 0 heterocycles. The molecule has 1 saturated carbocycles. The van der Waals surface area contributed by atoms with E-state index in [0.29, 0.717) is 5.92 Å².